The van der Waals surface area contributed by atoms with Gasteiger partial charge in [0.1, 0.15) is 22.5 Å². The van der Waals surface area contributed by atoms with Crippen molar-refractivity contribution in [3.63, 3.8) is 0 Å². The van der Waals surface area contributed by atoms with Crippen molar-refractivity contribution in [3.05, 3.63) is 64.9 Å². The molecule has 4 aromatic rings. The van der Waals surface area contributed by atoms with E-state index in [1.807, 2.05) is 41.9 Å². The number of nitrogens with zero attached hydrogens (tertiary/aromatic N) is 2. The zero-order chi connectivity index (χ0) is 22.7. The Morgan fingerprint density at radius 2 is 2.03 bits per heavy atom. The van der Waals surface area contributed by atoms with Gasteiger partial charge >= 0.3 is 0 Å². The number of ether oxygens (including phenoxy) is 1. The minimum absolute atomic E-state index is 0.166. The number of aromatic nitrogens is 3. The minimum atomic E-state index is -1.31. The number of rotatable bonds is 5. The highest BCUT2D eigenvalue weighted by Gasteiger charge is 2.23. The number of hydrogen-bond donors (Lipinski definition) is 4. The summed E-state index contributed by atoms with van der Waals surface area (Å²) in [7, 11) is 0. The molecule has 7 nitrogen and oxygen atoms in total. The van der Waals surface area contributed by atoms with Gasteiger partial charge in [0.05, 0.1) is 11.4 Å². The van der Waals surface area contributed by atoms with Gasteiger partial charge in [-0.3, -0.25) is 0 Å². The molecule has 1 unspecified atom stereocenters. The van der Waals surface area contributed by atoms with E-state index in [0.29, 0.717) is 5.01 Å². The monoisotopic (exact) mass is 459 g/mol. The van der Waals surface area contributed by atoms with E-state index in [2.05, 4.69) is 37.4 Å². The third-order valence-corrected chi connectivity index (χ3v) is 6.57. The number of piperidine rings is 1. The van der Waals surface area contributed by atoms with Crippen LogP contribution in [0.1, 0.15) is 30.3 Å². The van der Waals surface area contributed by atoms with Crippen LogP contribution in [0.25, 0.3) is 11.0 Å². The minimum Gasteiger partial charge on any atom is -0.488 e. The summed E-state index contributed by atoms with van der Waals surface area (Å²) in [6.45, 7) is 3.57. The Morgan fingerprint density at radius 1 is 1.15 bits per heavy atom. The van der Waals surface area contributed by atoms with Gasteiger partial charge in [0.25, 0.3) is 0 Å². The smallest absolute Gasteiger partial charge is 0.174 e. The first kappa shape index (κ1) is 21.5. The summed E-state index contributed by atoms with van der Waals surface area (Å²) in [6.07, 6.45) is 7.41. The van der Waals surface area contributed by atoms with Crippen molar-refractivity contribution in [2.75, 3.05) is 18.4 Å². The second kappa shape index (κ2) is 9.24. The summed E-state index contributed by atoms with van der Waals surface area (Å²) in [5.41, 5.74) is 2.02. The fraction of sp³-hybridized carbons (Fsp3) is 0.280. The lowest BCUT2D eigenvalue weighted by Gasteiger charge is -2.25. The van der Waals surface area contributed by atoms with Gasteiger partial charge in [-0.25, -0.2) is 9.97 Å². The number of fused-ring (bicyclic) bond motifs is 1. The first-order chi connectivity index (χ1) is 16.1. The number of pyridine rings is 1. The second-order valence-corrected chi connectivity index (χ2v) is 9.06. The fourth-order valence-corrected chi connectivity index (χ4v) is 4.48. The highest BCUT2D eigenvalue weighted by Crippen LogP contribution is 2.33. The first-order valence-corrected chi connectivity index (χ1v) is 11.8. The van der Waals surface area contributed by atoms with Crippen LogP contribution in [0, 0.1) is 11.8 Å². The molecule has 8 heteroatoms. The molecule has 168 valence electrons. The number of anilines is 2. The van der Waals surface area contributed by atoms with Gasteiger partial charge in [-0.05, 0) is 63.2 Å². The fourth-order valence-electron chi connectivity index (χ4n) is 3.83. The van der Waals surface area contributed by atoms with E-state index in [-0.39, 0.29) is 6.10 Å². The normalized spacial score (nSPS) is 16.1. The number of H-pyrrole nitrogens is 1. The van der Waals surface area contributed by atoms with Gasteiger partial charge in [-0.1, -0.05) is 11.8 Å². The van der Waals surface area contributed by atoms with Crippen molar-refractivity contribution in [2.24, 2.45) is 0 Å². The van der Waals surface area contributed by atoms with Gasteiger partial charge in [-0.2, -0.15) is 0 Å². The maximum absolute atomic E-state index is 10.7. The standard InChI is InChI=1S/C25H25N5O2S/c1-25(31,24-29-14-15-33-24)9-4-17-2-3-22(32-18-5-10-26-11-6-18)21(16-17)30-20-8-13-28-23-19(20)7-12-27-23/h2-3,7-8,12-16,18,26,31H,5-6,10-11H2,1H3,(H2,27,28,30). The van der Waals surface area contributed by atoms with Crippen LogP contribution in [0.3, 0.4) is 0 Å². The quantitative estimate of drug-likeness (QED) is 0.335. The lowest BCUT2D eigenvalue weighted by molar-refractivity contribution is 0.122. The summed E-state index contributed by atoms with van der Waals surface area (Å²) in [4.78, 5) is 11.7. The average molecular weight is 460 g/mol. The molecule has 4 heterocycles. The van der Waals surface area contributed by atoms with Gasteiger partial charge in [0.15, 0.2) is 5.60 Å². The molecule has 1 aliphatic heterocycles. The van der Waals surface area contributed by atoms with Crippen molar-refractivity contribution >= 4 is 33.7 Å². The zero-order valence-electron chi connectivity index (χ0n) is 18.3. The van der Waals surface area contributed by atoms with Crippen molar-refractivity contribution in [1.29, 1.82) is 0 Å². The number of aliphatic hydroxyl groups is 1. The molecule has 0 spiro atoms. The molecule has 1 saturated heterocycles. The predicted molar refractivity (Wildman–Crippen MR) is 131 cm³/mol. The van der Waals surface area contributed by atoms with Gasteiger partial charge < -0.3 is 25.5 Å². The van der Waals surface area contributed by atoms with Crippen molar-refractivity contribution in [2.45, 2.75) is 31.5 Å². The highest BCUT2D eigenvalue weighted by molar-refractivity contribution is 7.09. The Bertz CT molecular complexity index is 1300. The van der Waals surface area contributed by atoms with Crippen LogP contribution in [0.4, 0.5) is 11.4 Å². The molecule has 1 fully saturated rings. The number of benzene rings is 1. The summed E-state index contributed by atoms with van der Waals surface area (Å²) >= 11 is 1.38. The van der Waals surface area contributed by atoms with E-state index in [4.69, 9.17) is 4.74 Å². The van der Waals surface area contributed by atoms with Gasteiger partial charge in [0.2, 0.25) is 0 Å². The van der Waals surface area contributed by atoms with E-state index < -0.39 is 5.60 Å². The Hall–Kier alpha value is -3.38. The lowest BCUT2D eigenvalue weighted by Crippen LogP contribution is -2.34. The molecule has 5 rings (SSSR count). The van der Waals surface area contributed by atoms with Crippen LogP contribution in [0.2, 0.25) is 0 Å². The maximum atomic E-state index is 10.7. The predicted octanol–water partition coefficient (Wildman–Crippen LogP) is 4.15. The molecule has 3 aromatic heterocycles. The van der Waals surface area contributed by atoms with Crippen LogP contribution >= 0.6 is 11.3 Å². The summed E-state index contributed by atoms with van der Waals surface area (Å²) in [5, 5.41) is 21.0. The summed E-state index contributed by atoms with van der Waals surface area (Å²) in [5.74, 6) is 6.84. The van der Waals surface area contributed by atoms with E-state index >= 15 is 0 Å². The summed E-state index contributed by atoms with van der Waals surface area (Å²) in [6, 6.07) is 9.76. The van der Waals surface area contributed by atoms with Crippen molar-refractivity contribution in [3.8, 4) is 17.6 Å². The van der Waals surface area contributed by atoms with Crippen LogP contribution in [0.5, 0.6) is 5.75 Å². The molecule has 0 bridgehead atoms. The molecular weight excluding hydrogens is 434 g/mol. The second-order valence-electron chi connectivity index (χ2n) is 8.16. The van der Waals surface area contributed by atoms with Crippen LogP contribution in [-0.4, -0.2) is 39.3 Å². The van der Waals surface area contributed by atoms with E-state index in [1.54, 1.807) is 19.3 Å². The number of nitrogens with one attached hydrogen (secondary N) is 3. The average Bonchev–Trinajstić information content (AvgIpc) is 3.53. The number of hydrogen-bond acceptors (Lipinski definition) is 7. The molecule has 33 heavy (non-hydrogen) atoms. The molecule has 1 aromatic carbocycles. The molecule has 0 saturated carbocycles. The first-order valence-electron chi connectivity index (χ1n) is 10.9. The van der Waals surface area contributed by atoms with Crippen LogP contribution in [0.15, 0.2) is 54.3 Å². The molecule has 1 aliphatic rings. The number of thiazole rings is 1. The Balaban J connectivity index is 1.48. The van der Waals surface area contributed by atoms with Gasteiger partial charge in [0, 0.05) is 34.9 Å². The highest BCUT2D eigenvalue weighted by atomic mass is 32.1. The topological polar surface area (TPSA) is 95.1 Å². The molecule has 0 radical (unpaired) electrons. The Morgan fingerprint density at radius 3 is 2.85 bits per heavy atom. The van der Waals surface area contributed by atoms with Crippen molar-refractivity contribution < 1.29 is 9.84 Å². The summed E-state index contributed by atoms with van der Waals surface area (Å²) < 4.78 is 6.38. The van der Waals surface area contributed by atoms with Crippen molar-refractivity contribution in [1.82, 2.24) is 20.3 Å². The van der Waals surface area contributed by atoms with Gasteiger partial charge in [-0.15, -0.1) is 11.3 Å². The third kappa shape index (κ3) is 4.86. The molecule has 4 N–H and O–H groups in total. The van der Waals surface area contributed by atoms with E-state index in [9.17, 15) is 5.11 Å². The van der Waals surface area contributed by atoms with E-state index in [1.165, 1.54) is 11.3 Å². The van der Waals surface area contributed by atoms with E-state index in [0.717, 1.165) is 59.7 Å². The SMILES string of the molecule is CC(O)(C#Cc1ccc(OC2CCNCC2)c(Nc2ccnc3[nH]ccc23)c1)c1nccs1. The third-order valence-electron chi connectivity index (χ3n) is 5.59. The maximum Gasteiger partial charge on any atom is 0.174 e. The molecule has 0 aliphatic carbocycles. The molecular formula is C25H25N5O2S. The molecule has 1 atom stereocenters. The Labute approximate surface area is 196 Å². The lowest BCUT2D eigenvalue weighted by atomic mass is 10.1. The molecule has 0 amide bonds. The zero-order valence-corrected chi connectivity index (χ0v) is 19.1. The Kier molecular flexibility index (Phi) is 6.01. The number of aromatic amines is 1. The largest absolute Gasteiger partial charge is 0.488 e. The van der Waals surface area contributed by atoms with Crippen LogP contribution < -0.4 is 15.4 Å². The van der Waals surface area contributed by atoms with Crippen LogP contribution in [-0.2, 0) is 5.60 Å².